The van der Waals surface area contributed by atoms with Crippen LogP contribution in [0.2, 0.25) is 0 Å². The van der Waals surface area contributed by atoms with Crippen LogP contribution in [0, 0.1) is 0 Å². The molecule has 0 radical (unpaired) electrons. The summed E-state index contributed by atoms with van der Waals surface area (Å²) in [5.74, 6) is -0.152. The molecule has 1 rings (SSSR count). The van der Waals surface area contributed by atoms with Crippen LogP contribution in [0.1, 0.15) is 0 Å². The Bertz CT molecular complexity index is 198. The first-order chi connectivity index (χ1) is 7.72. The number of morpholine rings is 1. The third kappa shape index (κ3) is 4.89. The lowest BCUT2D eigenvalue weighted by molar-refractivity contribution is -0.924. The van der Waals surface area contributed by atoms with Gasteiger partial charge in [0.05, 0.1) is 13.2 Å². The Morgan fingerprint density at radius 2 is 2.19 bits per heavy atom. The molecule has 0 spiro atoms. The second-order valence-corrected chi connectivity index (χ2v) is 3.72. The van der Waals surface area contributed by atoms with Gasteiger partial charge in [-0.05, 0) is 14.1 Å². The van der Waals surface area contributed by atoms with Crippen molar-refractivity contribution in [2.45, 2.75) is 0 Å². The average Bonchev–Trinajstić information content (AvgIpc) is 2.30. The van der Waals surface area contributed by atoms with Crippen molar-refractivity contribution in [2.75, 3.05) is 60.0 Å². The maximum atomic E-state index is 11.2. The first kappa shape index (κ1) is 15.3. The fraction of sp³-hybridized carbons (Fsp3) is 0.900. The molecule has 1 aliphatic heterocycles. The van der Waals surface area contributed by atoms with Gasteiger partial charge in [0.15, 0.2) is 6.54 Å². The van der Waals surface area contributed by atoms with E-state index < -0.39 is 0 Å². The number of hydrogen-bond acceptors (Lipinski definition) is 5. The minimum atomic E-state index is -0.152. The van der Waals surface area contributed by atoms with E-state index in [-0.39, 0.29) is 12.6 Å². The number of nitrogens with zero attached hydrogens (tertiary/aromatic N) is 1. The SMILES string of the molecule is CN.CNCC[N+]1(CCO)CCOC(=O)C1. The summed E-state index contributed by atoms with van der Waals surface area (Å²) in [7, 11) is 3.39. The predicted molar refractivity (Wildman–Crippen MR) is 61.8 cm³/mol. The third-order valence-electron chi connectivity index (χ3n) is 2.70. The quantitative estimate of drug-likeness (QED) is 0.384. The maximum Gasteiger partial charge on any atom is 0.362 e. The summed E-state index contributed by atoms with van der Waals surface area (Å²) in [6.07, 6.45) is 0. The maximum absolute atomic E-state index is 11.2. The van der Waals surface area contributed by atoms with Crippen molar-refractivity contribution in [3.63, 3.8) is 0 Å². The van der Waals surface area contributed by atoms with E-state index in [1.165, 1.54) is 7.05 Å². The van der Waals surface area contributed by atoms with Gasteiger partial charge in [0, 0.05) is 6.54 Å². The van der Waals surface area contributed by atoms with Gasteiger partial charge >= 0.3 is 5.97 Å². The molecule has 1 saturated heterocycles. The van der Waals surface area contributed by atoms with E-state index in [0.717, 1.165) is 19.6 Å². The van der Waals surface area contributed by atoms with E-state index in [0.29, 0.717) is 24.2 Å². The molecule has 1 heterocycles. The van der Waals surface area contributed by atoms with Gasteiger partial charge in [0.25, 0.3) is 0 Å². The number of hydrogen-bond donors (Lipinski definition) is 3. The molecule has 0 bridgehead atoms. The number of likely N-dealkylation sites (N-methyl/N-ethyl adjacent to an activating group) is 1. The number of cyclic esters (lactones) is 1. The van der Waals surface area contributed by atoms with Gasteiger partial charge in [-0.1, -0.05) is 0 Å². The minimum Gasteiger partial charge on any atom is -0.456 e. The Morgan fingerprint density at radius 3 is 2.69 bits per heavy atom. The van der Waals surface area contributed by atoms with Gasteiger partial charge in [-0.15, -0.1) is 0 Å². The van der Waals surface area contributed by atoms with Crippen LogP contribution in [0.15, 0.2) is 0 Å². The first-order valence-electron chi connectivity index (χ1n) is 5.56. The number of carbonyl (C=O) groups excluding carboxylic acids is 1. The van der Waals surface area contributed by atoms with Gasteiger partial charge in [-0.25, -0.2) is 4.79 Å². The summed E-state index contributed by atoms with van der Waals surface area (Å²) in [6.45, 7) is 4.16. The Balaban J connectivity index is 0.00000106. The summed E-state index contributed by atoms with van der Waals surface area (Å²) in [4.78, 5) is 11.2. The number of rotatable bonds is 5. The Labute approximate surface area is 97.0 Å². The van der Waals surface area contributed by atoms with Crippen molar-refractivity contribution in [1.82, 2.24) is 5.32 Å². The van der Waals surface area contributed by atoms with Crippen molar-refractivity contribution < 1.29 is 19.1 Å². The highest BCUT2D eigenvalue weighted by molar-refractivity contribution is 5.71. The second kappa shape index (κ2) is 8.46. The van der Waals surface area contributed by atoms with Crippen LogP contribution in [0.4, 0.5) is 0 Å². The molecular weight excluding hydrogens is 210 g/mol. The van der Waals surface area contributed by atoms with E-state index >= 15 is 0 Å². The van der Waals surface area contributed by atoms with Gasteiger partial charge in [-0.3, -0.25) is 0 Å². The number of nitrogens with two attached hydrogens (primary N) is 1. The fourth-order valence-electron chi connectivity index (χ4n) is 1.81. The molecule has 1 unspecified atom stereocenters. The van der Waals surface area contributed by atoms with Crippen LogP contribution < -0.4 is 11.1 Å². The highest BCUT2D eigenvalue weighted by atomic mass is 16.5. The van der Waals surface area contributed by atoms with Crippen LogP contribution >= 0.6 is 0 Å². The van der Waals surface area contributed by atoms with Crippen LogP contribution in [-0.4, -0.2) is 75.6 Å². The molecule has 6 nitrogen and oxygen atoms in total. The van der Waals surface area contributed by atoms with E-state index in [9.17, 15) is 4.79 Å². The van der Waals surface area contributed by atoms with Gasteiger partial charge in [0.1, 0.15) is 19.7 Å². The normalized spacial score (nSPS) is 24.4. The number of carbonyl (C=O) groups is 1. The number of ether oxygens (including phenoxy) is 1. The summed E-state index contributed by atoms with van der Waals surface area (Å²) < 4.78 is 5.55. The van der Waals surface area contributed by atoms with E-state index in [4.69, 9.17) is 9.84 Å². The fourth-order valence-corrected chi connectivity index (χ4v) is 1.81. The largest absolute Gasteiger partial charge is 0.456 e. The van der Waals surface area contributed by atoms with Gasteiger partial charge in [-0.2, -0.15) is 0 Å². The zero-order valence-electron chi connectivity index (χ0n) is 10.2. The molecule has 6 heteroatoms. The van der Waals surface area contributed by atoms with E-state index in [1.807, 2.05) is 7.05 Å². The Morgan fingerprint density at radius 1 is 1.50 bits per heavy atom. The summed E-state index contributed by atoms with van der Waals surface area (Å²) in [5, 5.41) is 12.0. The van der Waals surface area contributed by atoms with E-state index in [2.05, 4.69) is 11.1 Å². The van der Waals surface area contributed by atoms with E-state index in [1.54, 1.807) is 0 Å². The summed E-state index contributed by atoms with van der Waals surface area (Å²) >= 11 is 0. The van der Waals surface area contributed by atoms with Crippen molar-refractivity contribution in [3.8, 4) is 0 Å². The van der Waals surface area contributed by atoms with Crippen molar-refractivity contribution in [3.05, 3.63) is 0 Å². The molecule has 0 saturated carbocycles. The molecule has 1 fully saturated rings. The third-order valence-corrected chi connectivity index (χ3v) is 2.70. The molecule has 0 aromatic rings. The first-order valence-corrected chi connectivity index (χ1v) is 5.56. The number of quaternary nitrogens is 1. The lowest BCUT2D eigenvalue weighted by atomic mass is 10.3. The molecule has 1 aliphatic rings. The van der Waals surface area contributed by atoms with Crippen LogP contribution in [0.25, 0.3) is 0 Å². The molecule has 0 amide bonds. The van der Waals surface area contributed by atoms with Crippen LogP contribution in [0.5, 0.6) is 0 Å². The van der Waals surface area contributed by atoms with Crippen molar-refractivity contribution in [1.29, 1.82) is 0 Å². The molecule has 0 aliphatic carbocycles. The molecule has 16 heavy (non-hydrogen) atoms. The second-order valence-electron chi connectivity index (χ2n) is 3.72. The Hall–Kier alpha value is -0.690. The lowest BCUT2D eigenvalue weighted by Crippen LogP contribution is -2.60. The minimum absolute atomic E-state index is 0.122. The number of aliphatic hydroxyl groups is 1. The van der Waals surface area contributed by atoms with Gasteiger partial charge in [0.2, 0.25) is 0 Å². The molecule has 1 atom stereocenters. The summed E-state index contributed by atoms with van der Waals surface area (Å²) in [5.41, 5.74) is 4.50. The summed E-state index contributed by atoms with van der Waals surface area (Å²) in [6, 6.07) is 0. The molecule has 0 aromatic heterocycles. The lowest BCUT2D eigenvalue weighted by Gasteiger charge is -2.39. The predicted octanol–water partition coefficient (Wildman–Crippen LogP) is -1.85. The van der Waals surface area contributed by atoms with Crippen LogP contribution in [-0.2, 0) is 9.53 Å². The Kier molecular flexibility index (Phi) is 8.10. The van der Waals surface area contributed by atoms with Crippen LogP contribution in [0.3, 0.4) is 0 Å². The van der Waals surface area contributed by atoms with Crippen molar-refractivity contribution >= 4 is 5.97 Å². The van der Waals surface area contributed by atoms with Crippen molar-refractivity contribution in [2.24, 2.45) is 5.73 Å². The molecule has 4 N–H and O–H groups in total. The zero-order valence-corrected chi connectivity index (χ0v) is 10.2. The smallest absolute Gasteiger partial charge is 0.362 e. The standard InChI is InChI=1S/C9H19N2O3.CH5N/c1-10-2-3-11(4-6-12)5-7-14-9(13)8-11;1-2/h10,12H,2-8H2,1H3;2H2,1H3/q+1;. The van der Waals surface area contributed by atoms with Gasteiger partial charge < -0.3 is 25.4 Å². The monoisotopic (exact) mass is 234 g/mol. The molecule has 96 valence electrons. The highest BCUT2D eigenvalue weighted by Crippen LogP contribution is 2.10. The topological polar surface area (TPSA) is 84.6 Å². The highest BCUT2D eigenvalue weighted by Gasteiger charge is 2.34. The average molecular weight is 234 g/mol. The number of esters is 1. The zero-order chi connectivity index (χ0) is 12.4. The number of aliphatic hydroxyl groups excluding tert-OH is 1. The molecular formula is C10H24N3O3+. The molecule has 0 aromatic carbocycles. The number of nitrogens with one attached hydrogen (secondary N) is 1.